The van der Waals surface area contributed by atoms with Gasteiger partial charge in [-0.25, -0.2) is 18.2 Å². The summed E-state index contributed by atoms with van der Waals surface area (Å²) in [5, 5.41) is 15.5. The number of rotatable bonds is 8. The molecular weight excluding hydrogens is 522 g/mol. The summed E-state index contributed by atoms with van der Waals surface area (Å²) in [5.74, 6) is -1.86. The summed E-state index contributed by atoms with van der Waals surface area (Å²) in [5.41, 5.74) is 0.125. The maximum atomic E-state index is 13.0. The van der Waals surface area contributed by atoms with Crippen molar-refractivity contribution >= 4 is 59.8 Å². The van der Waals surface area contributed by atoms with Crippen LogP contribution in [-0.2, 0) is 19.5 Å². The van der Waals surface area contributed by atoms with Crippen molar-refractivity contribution in [1.29, 1.82) is 0 Å². The molecule has 0 atom stereocenters. The van der Waals surface area contributed by atoms with E-state index in [1.807, 2.05) is 0 Å². The van der Waals surface area contributed by atoms with Crippen LogP contribution in [0.25, 0.3) is 0 Å². The first-order valence-corrected chi connectivity index (χ1v) is 13.2. The quantitative estimate of drug-likeness (QED) is 0.382. The number of aromatic carboxylic acids is 1. The maximum absolute atomic E-state index is 13.0. The first kappa shape index (κ1) is 22.9. The van der Waals surface area contributed by atoms with Gasteiger partial charge in [0.15, 0.2) is 26.4 Å². The van der Waals surface area contributed by atoms with Crippen molar-refractivity contribution in [3.8, 4) is 0 Å². The van der Waals surface area contributed by atoms with Crippen molar-refractivity contribution in [2.24, 2.45) is 5.16 Å². The molecule has 2 saturated carbocycles. The highest BCUT2D eigenvalue weighted by molar-refractivity contribution is 9.11. The van der Waals surface area contributed by atoms with Crippen LogP contribution in [0.15, 0.2) is 38.1 Å². The van der Waals surface area contributed by atoms with E-state index in [0.29, 0.717) is 18.4 Å². The molecule has 2 aliphatic rings. The number of aromatic nitrogens is 1. The third-order valence-electron chi connectivity index (χ3n) is 5.24. The van der Waals surface area contributed by atoms with Gasteiger partial charge in [-0.2, -0.15) is 0 Å². The van der Waals surface area contributed by atoms with Crippen LogP contribution >= 0.6 is 27.3 Å². The summed E-state index contributed by atoms with van der Waals surface area (Å²) in [6, 6.07) is 5.96. The smallest absolute Gasteiger partial charge is 0.356 e. The molecule has 2 aliphatic carbocycles. The molecular formula is C20H20BrN3O6S2. The molecule has 0 bridgehead atoms. The average molecular weight is 542 g/mol. The van der Waals surface area contributed by atoms with Gasteiger partial charge in [0.05, 0.1) is 10.1 Å². The summed E-state index contributed by atoms with van der Waals surface area (Å²) < 4.78 is 25.2. The Morgan fingerprint density at radius 3 is 2.38 bits per heavy atom. The number of sulfone groups is 1. The number of hydrogen-bond acceptors (Lipinski definition) is 8. The fourth-order valence-corrected chi connectivity index (χ4v) is 6.42. The van der Waals surface area contributed by atoms with Crippen LogP contribution in [-0.4, -0.2) is 47.5 Å². The number of carboxylic acid groups (broad SMARTS) is 1. The molecule has 0 spiro atoms. The molecule has 2 N–H and O–H groups in total. The van der Waals surface area contributed by atoms with Crippen molar-refractivity contribution in [3.63, 3.8) is 0 Å². The summed E-state index contributed by atoms with van der Waals surface area (Å²) in [6.07, 6.45) is 4.99. The molecule has 1 amide bonds. The van der Waals surface area contributed by atoms with Crippen molar-refractivity contribution in [2.45, 2.75) is 54.8 Å². The number of benzene rings is 1. The highest BCUT2D eigenvalue weighted by Gasteiger charge is 2.36. The third kappa shape index (κ3) is 5.02. The van der Waals surface area contributed by atoms with E-state index in [9.17, 15) is 18.0 Å². The van der Waals surface area contributed by atoms with Crippen molar-refractivity contribution in [1.82, 2.24) is 4.98 Å². The van der Waals surface area contributed by atoms with Gasteiger partial charge in [0, 0.05) is 5.56 Å². The zero-order chi connectivity index (χ0) is 22.9. The first-order chi connectivity index (χ1) is 15.3. The Labute approximate surface area is 196 Å². The molecule has 1 heterocycles. The SMILES string of the molecule is O=C(Nc1nc(C(=O)O)c(Br)s1)C(=NOC1CCCC1)c1ccc(S(=O)(=O)C2CC2)cc1. The summed E-state index contributed by atoms with van der Waals surface area (Å²) >= 11 is 4.08. The average Bonchev–Trinajstić information content (AvgIpc) is 3.38. The molecule has 0 aliphatic heterocycles. The number of nitrogens with one attached hydrogen (secondary N) is 1. The molecule has 1 aromatic heterocycles. The molecule has 0 saturated heterocycles. The number of nitrogens with zero attached hydrogens (tertiary/aromatic N) is 2. The molecule has 2 aromatic rings. The standard InChI is InChI=1S/C20H20BrN3O6S2/c21-17-16(19(26)27)22-20(31-17)23-18(25)15(24-30-12-3-1-2-4-12)11-5-7-13(8-6-11)32(28,29)14-9-10-14/h5-8,12,14H,1-4,9-10H2,(H,26,27)(H,22,23,25). The van der Waals surface area contributed by atoms with Gasteiger partial charge in [-0.15, -0.1) is 0 Å². The van der Waals surface area contributed by atoms with E-state index >= 15 is 0 Å². The summed E-state index contributed by atoms with van der Waals surface area (Å²) in [7, 11) is -3.35. The monoisotopic (exact) mass is 541 g/mol. The Morgan fingerprint density at radius 2 is 1.81 bits per heavy atom. The Hall–Kier alpha value is -2.31. The second-order valence-electron chi connectivity index (χ2n) is 7.62. The molecule has 1 aromatic carbocycles. The van der Waals surface area contributed by atoms with Gasteiger partial charge in [0.25, 0.3) is 5.91 Å². The molecule has 0 unspecified atom stereocenters. The lowest BCUT2D eigenvalue weighted by molar-refractivity contribution is -0.110. The Kier molecular flexibility index (Phi) is 6.63. The van der Waals surface area contributed by atoms with E-state index in [-0.39, 0.29) is 36.6 Å². The second kappa shape index (κ2) is 9.28. The van der Waals surface area contributed by atoms with Crippen molar-refractivity contribution < 1.29 is 28.0 Å². The predicted octanol–water partition coefficient (Wildman–Crippen LogP) is 3.84. The van der Waals surface area contributed by atoms with Crippen LogP contribution in [0.2, 0.25) is 0 Å². The fourth-order valence-electron chi connectivity index (χ4n) is 3.36. The predicted molar refractivity (Wildman–Crippen MR) is 122 cm³/mol. The normalized spacial score (nSPS) is 17.3. The number of carboxylic acids is 1. The van der Waals surface area contributed by atoms with E-state index in [0.717, 1.165) is 37.0 Å². The van der Waals surface area contributed by atoms with E-state index in [1.165, 1.54) is 24.3 Å². The highest BCUT2D eigenvalue weighted by Crippen LogP contribution is 2.33. The lowest BCUT2D eigenvalue weighted by Gasteiger charge is -2.11. The Morgan fingerprint density at radius 1 is 1.16 bits per heavy atom. The van der Waals surface area contributed by atoms with Gasteiger partial charge in [-0.1, -0.05) is 28.6 Å². The topological polar surface area (TPSA) is 135 Å². The van der Waals surface area contributed by atoms with Gasteiger partial charge in [-0.3, -0.25) is 10.1 Å². The zero-order valence-corrected chi connectivity index (χ0v) is 20.0. The zero-order valence-electron chi connectivity index (χ0n) is 16.8. The van der Waals surface area contributed by atoms with E-state index in [2.05, 4.69) is 31.4 Å². The Balaban J connectivity index is 1.59. The van der Waals surface area contributed by atoms with Crippen molar-refractivity contribution in [2.75, 3.05) is 5.32 Å². The number of anilines is 1. The van der Waals surface area contributed by atoms with Crippen molar-refractivity contribution in [3.05, 3.63) is 39.3 Å². The van der Waals surface area contributed by atoms with E-state index in [1.54, 1.807) is 0 Å². The van der Waals surface area contributed by atoms with E-state index < -0.39 is 21.7 Å². The molecule has 9 nitrogen and oxygen atoms in total. The number of oxime groups is 1. The van der Waals surface area contributed by atoms with Crippen LogP contribution in [0.4, 0.5) is 5.13 Å². The highest BCUT2D eigenvalue weighted by atomic mass is 79.9. The van der Waals surface area contributed by atoms with Crippen LogP contribution in [0.1, 0.15) is 54.6 Å². The van der Waals surface area contributed by atoms with Crippen LogP contribution in [0.3, 0.4) is 0 Å². The molecule has 4 rings (SSSR count). The van der Waals surface area contributed by atoms with Crippen LogP contribution in [0, 0.1) is 0 Å². The van der Waals surface area contributed by atoms with Crippen LogP contribution in [0.5, 0.6) is 0 Å². The summed E-state index contributed by atoms with van der Waals surface area (Å²) in [6.45, 7) is 0. The largest absolute Gasteiger partial charge is 0.476 e. The van der Waals surface area contributed by atoms with Gasteiger partial charge >= 0.3 is 5.97 Å². The number of carbonyl (C=O) groups excluding carboxylic acids is 1. The van der Waals surface area contributed by atoms with Gasteiger partial charge < -0.3 is 9.94 Å². The first-order valence-electron chi connectivity index (χ1n) is 10.0. The number of thiazole rings is 1. The minimum absolute atomic E-state index is 0.0459. The molecule has 2 fully saturated rings. The number of hydrogen-bond donors (Lipinski definition) is 2. The molecule has 0 radical (unpaired) electrons. The lowest BCUT2D eigenvalue weighted by Crippen LogP contribution is -2.25. The molecule has 170 valence electrons. The molecule has 32 heavy (non-hydrogen) atoms. The summed E-state index contributed by atoms with van der Waals surface area (Å²) in [4.78, 5) is 33.9. The third-order valence-corrected chi connectivity index (χ3v) is 9.14. The van der Waals surface area contributed by atoms with Gasteiger partial charge in [0.2, 0.25) is 0 Å². The minimum atomic E-state index is -3.35. The minimum Gasteiger partial charge on any atom is -0.476 e. The van der Waals surface area contributed by atoms with Gasteiger partial charge in [-0.05, 0) is 66.6 Å². The second-order valence-corrected chi connectivity index (χ2v) is 12.2. The number of amides is 1. The van der Waals surface area contributed by atoms with Crippen LogP contribution < -0.4 is 5.32 Å². The number of carbonyl (C=O) groups is 2. The number of halogens is 1. The fraction of sp³-hybridized carbons (Fsp3) is 0.400. The van der Waals surface area contributed by atoms with E-state index in [4.69, 9.17) is 9.94 Å². The maximum Gasteiger partial charge on any atom is 0.356 e. The lowest BCUT2D eigenvalue weighted by atomic mass is 10.1. The van der Waals surface area contributed by atoms with Gasteiger partial charge in [0.1, 0.15) is 9.89 Å². The molecule has 12 heteroatoms. The Bertz CT molecular complexity index is 1170.